The Morgan fingerprint density at radius 2 is 2.26 bits per heavy atom. The average molecular weight is 263 g/mol. The van der Waals surface area contributed by atoms with Crippen LogP contribution in [-0.4, -0.2) is 30.2 Å². The maximum absolute atomic E-state index is 13.3. The van der Waals surface area contributed by atoms with Crippen molar-refractivity contribution in [3.63, 3.8) is 0 Å². The van der Waals surface area contributed by atoms with Gasteiger partial charge >= 0.3 is 0 Å². The topological polar surface area (TPSA) is 49.9 Å². The Bertz CT molecular complexity index is 539. The third kappa shape index (κ3) is 3.62. The first kappa shape index (κ1) is 13.7. The van der Waals surface area contributed by atoms with E-state index >= 15 is 0 Å². The van der Waals surface area contributed by atoms with E-state index in [9.17, 15) is 4.39 Å². The number of ether oxygens (including phenoxy) is 1. The molecule has 0 fully saturated rings. The highest BCUT2D eigenvalue weighted by molar-refractivity contribution is 5.60. The molecular formula is C14H18FN3O. The summed E-state index contributed by atoms with van der Waals surface area (Å²) in [4.78, 5) is 7.49. The van der Waals surface area contributed by atoms with Crippen molar-refractivity contribution in [3.05, 3.63) is 41.5 Å². The molecule has 0 spiro atoms. The Hall–Kier alpha value is -1.72. The third-order valence-electron chi connectivity index (χ3n) is 2.88. The molecule has 1 aromatic heterocycles. The smallest absolute Gasteiger partial charge is 0.137 e. The van der Waals surface area contributed by atoms with E-state index in [0.29, 0.717) is 19.0 Å². The van der Waals surface area contributed by atoms with Gasteiger partial charge in [0.2, 0.25) is 0 Å². The van der Waals surface area contributed by atoms with E-state index in [0.717, 1.165) is 23.4 Å². The number of aromatic nitrogens is 2. The zero-order valence-electron chi connectivity index (χ0n) is 11.2. The summed E-state index contributed by atoms with van der Waals surface area (Å²) in [5, 5.41) is 3.22. The number of hydrogen-bond acceptors (Lipinski definition) is 3. The number of benzene rings is 1. The standard InChI is InChI=1S/C14H18FN3O/c1-10-3-4-11(15)7-13(10)14-17-9-12(18-14)8-16-5-6-19-2/h3-4,7,9,16H,5-6,8H2,1-2H3,(H,17,18). The lowest BCUT2D eigenvalue weighted by Gasteiger charge is -2.03. The molecule has 0 aliphatic heterocycles. The van der Waals surface area contributed by atoms with Crippen LogP contribution in [-0.2, 0) is 11.3 Å². The fraction of sp³-hybridized carbons (Fsp3) is 0.357. The van der Waals surface area contributed by atoms with Gasteiger partial charge in [-0.3, -0.25) is 0 Å². The van der Waals surface area contributed by atoms with E-state index in [1.54, 1.807) is 19.4 Å². The predicted octanol–water partition coefficient (Wildman–Crippen LogP) is 2.26. The Balaban J connectivity index is 2.06. The van der Waals surface area contributed by atoms with Crippen LogP contribution in [0.15, 0.2) is 24.4 Å². The van der Waals surface area contributed by atoms with Crippen LogP contribution >= 0.6 is 0 Å². The van der Waals surface area contributed by atoms with Gasteiger partial charge in [0.15, 0.2) is 0 Å². The van der Waals surface area contributed by atoms with Gasteiger partial charge in [-0.1, -0.05) is 6.07 Å². The van der Waals surface area contributed by atoms with Gasteiger partial charge in [-0.25, -0.2) is 9.37 Å². The Morgan fingerprint density at radius 1 is 1.42 bits per heavy atom. The van der Waals surface area contributed by atoms with Crippen LogP contribution in [0.5, 0.6) is 0 Å². The number of aromatic amines is 1. The predicted molar refractivity (Wildman–Crippen MR) is 72.3 cm³/mol. The molecule has 19 heavy (non-hydrogen) atoms. The molecule has 0 saturated heterocycles. The summed E-state index contributed by atoms with van der Waals surface area (Å²) in [6, 6.07) is 4.70. The van der Waals surface area contributed by atoms with Crippen molar-refractivity contribution in [3.8, 4) is 11.4 Å². The molecule has 0 amide bonds. The molecule has 5 heteroatoms. The number of rotatable bonds is 6. The number of hydrogen-bond donors (Lipinski definition) is 2. The molecule has 0 aliphatic carbocycles. The number of aryl methyl sites for hydroxylation is 1. The van der Waals surface area contributed by atoms with E-state index in [1.165, 1.54) is 12.1 Å². The minimum absolute atomic E-state index is 0.253. The number of imidazole rings is 1. The van der Waals surface area contributed by atoms with Gasteiger partial charge in [0.25, 0.3) is 0 Å². The number of nitrogens with one attached hydrogen (secondary N) is 2. The second kappa shape index (κ2) is 6.45. The summed E-state index contributed by atoms with van der Waals surface area (Å²) in [5.41, 5.74) is 2.76. The van der Waals surface area contributed by atoms with E-state index in [2.05, 4.69) is 15.3 Å². The molecule has 0 unspecified atom stereocenters. The molecule has 0 radical (unpaired) electrons. The van der Waals surface area contributed by atoms with Crippen LogP contribution in [0.2, 0.25) is 0 Å². The van der Waals surface area contributed by atoms with Crippen LogP contribution in [0.3, 0.4) is 0 Å². The highest BCUT2D eigenvalue weighted by Crippen LogP contribution is 2.21. The van der Waals surface area contributed by atoms with E-state index in [-0.39, 0.29) is 5.82 Å². The molecule has 0 saturated carbocycles. The largest absolute Gasteiger partial charge is 0.383 e. The Kier molecular flexibility index (Phi) is 4.65. The molecule has 2 aromatic rings. The van der Waals surface area contributed by atoms with Gasteiger partial charge < -0.3 is 15.0 Å². The van der Waals surface area contributed by atoms with Crippen molar-refractivity contribution in [1.29, 1.82) is 0 Å². The number of halogens is 1. The molecule has 0 aliphatic rings. The molecule has 4 nitrogen and oxygen atoms in total. The van der Waals surface area contributed by atoms with Crippen LogP contribution in [0.1, 0.15) is 11.3 Å². The second-order valence-corrected chi connectivity index (χ2v) is 4.39. The molecule has 0 bridgehead atoms. The summed E-state index contributed by atoms with van der Waals surface area (Å²) in [7, 11) is 1.67. The number of methoxy groups -OCH3 is 1. The second-order valence-electron chi connectivity index (χ2n) is 4.39. The SMILES string of the molecule is COCCNCc1cnc(-c2cc(F)ccc2C)[nH]1. The summed E-state index contributed by atoms with van der Waals surface area (Å²) in [5.74, 6) is 0.442. The third-order valence-corrected chi connectivity index (χ3v) is 2.88. The molecule has 102 valence electrons. The normalized spacial score (nSPS) is 10.9. The fourth-order valence-corrected chi connectivity index (χ4v) is 1.83. The van der Waals surface area contributed by atoms with Gasteiger partial charge in [-0.05, 0) is 24.6 Å². The lowest BCUT2D eigenvalue weighted by Crippen LogP contribution is -2.18. The fourth-order valence-electron chi connectivity index (χ4n) is 1.83. The van der Waals surface area contributed by atoms with Gasteiger partial charge in [0, 0.05) is 37.7 Å². The lowest BCUT2D eigenvalue weighted by molar-refractivity contribution is 0.199. The first-order valence-electron chi connectivity index (χ1n) is 6.21. The van der Waals surface area contributed by atoms with Crippen LogP contribution in [0.4, 0.5) is 4.39 Å². The molecule has 1 heterocycles. The van der Waals surface area contributed by atoms with E-state index in [1.807, 2.05) is 6.92 Å². The summed E-state index contributed by atoms with van der Waals surface area (Å²) < 4.78 is 18.2. The van der Waals surface area contributed by atoms with Gasteiger partial charge in [-0.2, -0.15) is 0 Å². The van der Waals surface area contributed by atoms with Crippen molar-refractivity contribution in [2.45, 2.75) is 13.5 Å². The van der Waals surface area contributed by atoms with E-state index in [4.69, 9.17) is 4.74 Å². The first-order chi connectivity index (χ1) is 9.20. The average Bonchev–Trinajstić information content (AvgIpc) is 2.86. The van der Waals surface area contributed by atoms with Crippen molar-refractivity contribution in [2.24, 2.45) is 0 Å². The Labute approximate surface area is 112 Å². The quantitative estimate of drug-likeness (QED) is 0.786. The van der Waals surface area contributed by atoms with Gasteiger partial charge in [0.05, 0.1) is 6.61 Å². The first-order valence-corrected chi connectivity index (χ1v) is 6.21. The van der Waals surface area contributed by atoms with Crippen molar-refractivity contribution >= 4 is 0 Å². The highest BCUT2D eigenvalue weighted by atomic mass is 19.1. The van der Waals surface area contributed by atoms with Crippen molar-refractivity contribution < 1.29 is 9.13 Å². The van der Waals surface area contributed by atoms with Crippen molar-refractivity contribution in [1.82, 2.24) is 15.3 Å². The summed E-state index contributed by atoms with van der Waals surface area (Å²) in [6.07, 6.45) is 1.76. The number of nitrogens with zero attached hydrogens (tertiary/aromatic N) is 1. The molecule has 2 N–H and O–H groups in total. The summed E-state index contributed by atoms with van der Waals surface area (Å²) in [6.45, 7) is 4.08. The molecular weight excluding hydrogens is 245 g/mol. The maximum atomic E-state index is 13.3. The zero-order valence-corrected chi connectivity index (χ0v) is 11.2. The minimum atomic E-state index is -0.253. The van der Waals surface area contributed by atoms with Crippen LogP contribution in [0.25, 0.3) is 11.4 Å². The minimum Gasteiger partial charge on any atom is -0.383 e. The van der Waals surface area contributed by atoms with Gasteiger partial charge in [-0.15, -0.1) is 0 Å². The van der Waals surface area contributed by atoms with Crippen LogP contribution in [0, 0.1) is 12.7 Å². The number of H-pyrrole nitrogens is 1. The summed E-state index contributed by atoms with van der Waals surface area (Å²) >= 11 is 0. The molecule has 1 aromatic carbocycles. The zero-order chi connectivity index (χ0) is 13.7. The Morgan fingerprint density at radius 3 is 3.05 bits per heavy atom. The van der Waals surface area contributed by atoms with Crippen molar-refractivity contribution in [2.75, 3.05) is 20.3 Å². The van der Waals surface area contributed by atoms with E-state index < -0.39 is 0 Å². The molecule has 2 rings (SSSR count). The monoisotopic (exact) mass is 263 g/mol. The maximum Gasteiger partial charge on any atom is 0.137 e. The highest BCUT2D eigenvalue weighted by Gasteiger charge is 2.07. The molecule has 0 atom stereocenters. The lowest BCUT2D eigenvalue weighted by atomic mass is 10.1. The van der Waals surface area contributed by atoms with Crippen LogP contribution < -0.4 is 5.32 Å². The van der Waals surface area contributed by atoms with Gasteiger partial charge in [0.1, 0.15) is 11.6 Å².